The van der Waals surface area contributed by atoms with Crippen LogP contribution in [0.5, 0.6) is 11.5 Å². The zero-order chi connectivity index (χ0) is 39.3. The average Bonchev–Trinajstić information content (AvgIpc) is 3.87. The molecule has 7 aromatic rings. The van der Waals surface area contributed by atoms with Crippen molar-refractivity contribution in [2.75, 3.05) is 32.3 Å². The Morgan fingerprint density at radius 3 is 1.78 bits per heavy atom. The molecule has 0 saturated heterocycles. The van der Waals surface area contributed by atoms with E-state index in [-0.39, 0.29) is 31.4 Å². The molecule has 292 valence electrons. The lowest BCUT2D eigenvalue weighted by atomic mass is 10.0. The molecule has 0 aliphatic heterocycles. The minimum Gasteiger partial charge on any atom is -0.496 e. The van der Waals surface area contributed by atoms with E-state index in [9.17, 15) is 9.59 Å². The highest BCUT2D eigenvalue weighted by Gasteiger charge is 2.23. The molecule has 0 fully saturated rings. The van der Waals surface area contributed by atoms with Crippen molar-refractivity contribution >= 4 is 108 Å². The van der Waals surface area contributed by atoms with E-state index in [4.69, 9.17) is 34.7 Å². The third kappa shape index (κ3) is 8.81. The van der Waals surface area contributed by atoms with Gasteiger partial charge in [0.25, 0.3) is 5.56 Å². The second kappa shape index (κ2) is 18.6. The molecule has 21 heteroatoms. The maximum atomic E-state index is 12.2. The Bertz CT molecular complexity index is 2720. The molecule has 2 aromatic carbocycles. The Hall–Kier alpha value is -4.93. The van der Waals surface area contributed by atoms with Gasteiger partial charge in [0.15, 0.2) is 0 Å². The van der Waals surface area contributed by atoms with Crippen molar-refractivity contribution in [1.29, 1.82) is 0 Å². The first-order chi connectivity index (χ1) is 25.9. The minimum atomic E-state index is -0.464. The molecule has 0 aliphatic rings. The van der Waals surface area contributed by atoms with Crippen molar-refractivity contribution in [3.8, 4) is 33.8 Å². The molecule has 0 aliphatic carbocycles. The summed E-state index contributed by atoms with van der Waals surface area (Å²) >= 11 is 9.03. The molecule has 0 atom stereocenters. The first-order valence-electron chi connectivity index (χ1n) is 15.7. The van der Waals surface area contributed by atoms with E-state index in [1.807, 2.05) is 45.9 Å². The van der Waals surface area contributed by atoms with Gasteiger partial charge < -0.3 is 44.7 Å². The molecule has 0 unspecified atom stereocenters. The summed E-state index contributed by atoms with van der Waals surface area (Å²) in [5.74, 6) is 2.47. The molecule has 0 saturated carbocycles. The largest absolute Gasteiger partial charge is 0.496 e. The van der Waals surface area contributed by atoms with E-state index in [0.29, 0.717) is 55.9 Å². The van der Waals surface area contributed by atoms with Crippen molar-refractivity contribution in [2.45, 2.75) is 42.0 Å². The SMILES string of the molecule is C.CCOC(=O)c1c(N)[nH]c2cc(-c3c(C)noc3C)c(OC)cc12.COc1cc2c(cc1-c1c(C)noc1C)[nH]c1nc(N)[nH]c(=O)c12.S=S=S=S=S=S. The van der Waals surface area contributed by atoms with E-state index in [1.165, 1.54) is 35.5 Å². The Morgan fingerprint density at radius 1 is 0.818 bits per heavy atom. The Morgan fingerprint density at radius 2 is 1.33 bits per heavy atom. The molecule has 7 N–H and O–H groups in total. The van der Waals surface area contributed by atoms with Gasteiger partial charge in [0, 0.05) is 90.8 Å². The average molecular weight is 863 g/mol. The highest BCUT2D eigenvalue weighted by molar-refractivity contribution is 8.64. The molecular formula is C34H38N8O7S6. The molecule has 5 heterocycles. The number of esters is 1. The number of nitrogen functional groups attached to an aromatic ring is 2. The monoisotopic (exact) mass is 862 g/mol. The first-order valence-corrected chi connectivity index (χ1v) is 22.4. The zero-order valence-corrected chi connectivity index (χ0v) is 34.7. The van der Waals surface area contributed by atoms with Gasteiger partial charge in [-0.25, -0.2) is 4.79 Å². The Balaban J connectivity index is 0.000000210. The van der Waals surface area contributed by atoms with Gasteiger partial charge in [0.05, 0.1) is 48.7 Å². The number of hydrogen-bond acceptors (Lipinski definition) is 14. The van der Waals surface area contributed by atoms with Crippen LogP contribution in [0.25, 0.3) is 55.1 Å². The van der Waals surface area contributed by atoms with Crippen LogP contribution in [0, 0.1) is 27.7 Å². The predicted molar refractivity (Wildman–Crippen MR) is 231 cm³/mol. The number of aryl methyl sites for hydroxylation is 4. The number of fused-ring (bicyclic) bond motifs is 4. The number of anilines is 2. The van der Waals surface area contributed by atoms with Crippen molar-refractivity contribution in [1.82, 2.24) is 30.2 Å². The van der Waals surface area contributed by atoms with Gasteiger partial charge in [-0.3, -0.25) is 9.78 Å². The predicted octanol–water partition coefficient (Wildman–Crippen LogP) is 6.10. The number of methoxy groups -OCH3 is 2. The van der Waals surface area contributed by atoms with Crippen LogP contribution in [0.15, 0.2) is 38.1 Å². The lowest BCUT2D eigenvalue weighted by Crippen LogP contribution is -2.10. The number of aromatic amines is 3. The van der Waals surface area contributed by atoms with Crippen LogP contribution < -0.4 is 26.5 Å². The van der Waals surface area contributed by atoms with Gasteiger partial charge in [-0.2, -0.15) is 4.98 Å². The molecule has 0 bridgehead atoms. The van der Waals surface area contributed by atoms with Gasteiger partial charge >= 0.3 is 5.97 Å². The summed E-state index contributed by atoms with van der Waals surface area (Å²) in [6.07, 6.45) is 0. The third-order valence-corrected chi connectivity index (χ3v) is 14.8. The summed E-state index contributed by atoms with van der Waals surface area (Å²) in [4.78, 5) is 37.2. The summed E-state index contributed by atoms with van der Waals surface area (Å²) in [6, 6.07) is 7.36. The van der Waals surface area contributed by atoms with Gasteiger partial charge in [-0.15, -0.1) is 0 Å². The van der Waals surface area contributed by atoms with Gasteiger partial charge in [-0.1, -0.05) is 17.7 Å². The highest BCUT2D eigenvalue weighted by Crippen LogP contribution is 2.40. The fourth-order valence-electron chi connectivity index (χ4n) is 6.00. The maximum Gasteiger partial charge on any atom is 0.342 e. The summed E-state index contributed by atoms with van der Waals surface area (Å²) < 4.78 is 26.6. The molecule has 0 spiro atoms. The summed E-state index contributed by atoms with van der Waals surface area (Å²) in [5.41, 5.74) is 18.4. The van der Waals surface area contributed by atoms with E-state index < -0.39 is 5.97 Å². The fraction of sp³-hybridized carbons (Fsp3) is 0.265. The molecule has 0 radical (unpaired) electrons. The van der Waals surface area contributed by atoms with E-state index >= 15 is 0 Å². The van der Waals surface area contributed by atoms with E-state index in [1.54, 1.807) is 27.2 Å². The zero-order valence-electron chi connectivity index (χ0n) is 29.8. The van der Waals surface area contributed by atoms with Crippen molar-refractivity contribution in [3.63, 3.8) is 0 Å². The van der Waals surface area contributed by atoms with Crippen LogP contribution in [0.4, 0.5) is 11.8 Å². The number of benzene rings is 2. The smallest absolute Gasteiger partial charge is 0.342 e. The number of nitrogens with two attached hydrogens (primary N) is 2. The summed E-state index contributed by atoms with van der Waals surface area (Å²) in [7, 11) is 8.79. The van der Waals surface area contributed by atoms with E-state index in [0.717, 1.165) is 39.2 Å². The Kier molecular flexibility index (Phi) is 14.5. The van der Waals surface area contributed by atoms with Crippen LogP contribution in [-0.2, 0) is 62.6 Å². The number of nitrogens with one attached hydrogen (secondary N) is 3. The number of H-pyrrole nitrogens is 3. The quantitative estimate of drug-likeness (QED) is 0.119. The number of carbonyl (C=O) groups is 1. The topological polar surface area (TPSA) is 226 Å². The van der Waals surface area contributed by atoms with Crippen LogP contribution in [0.2, 0.25) is 0 Å². The first kappa shape index (κ1) is 42.8. The van der Waals surface area contributed by atoms with E-state index in [2.05, 4.69) is 52.6 Å². The number of carbonyl (C=O) groups excluding carboxylic acids is 1. The maximum absolute atomic E-state index is 12.2. The fourth-order valence-corrected chi connectivity index (χ4v) is 11.5. The second-order valence-electron chi connectivity index (χ2n) is 11.3. The number of ether oxygens (including phenoxy) is 3. The second-order valence-corrected chi connectivity index (χ2v) is 18.4. The summed E-state index contributed by atoms with van der Waals surface area (Å²) in [5, 5.41) is 9.79. The third-order valence-electron chi connectivity index (χ3n) is 8.12. The molecular weight excluding hydrogens is 825 g/mol. The number of nitrogens with zero attached hydrogens (tertiary/aromatic N) is 3. The molecule has 15 nitrogen and oxygen atoms in total. The van der Waals surface area contributed by atoms with Crippen molar-refractivity contribution in [3.05, 3.63) is 63.1 Å². The number of rotatable bonds is 6. The van der Waals surface area contributed by atoms with Gasteiger partial charge in [-0.05, 0) is 58.9 Å². The van der Waals surface area contributed by atoms with Gasteiger partial charge in [0.1, 0.15) is 40.0 Å². The van der Waals surface area contributed by atoms with Crippen LogP contribution in [0.3, 0.4) is 0 Å². The normalized spacial score (nSPS) is 10.5. The Labute approximate surface area is 336 Å². The molecule has 55 heavy (non-hydrogen) atoms. The number of aromatic nitrogens is 6. The van der Waals surface area contributed by atoms with Crippen LogP contribution in [0.1, 0.15) is 47.6 Å². The molecule has 7 rings (SSSR count). The van der Waals surface area contributed by atoms with Gasteiger partial charge in [0.2, 0.25) is 5.95 Å². The highest BCUT2D eigenvalue weighted by atomic mass is 33.3. The summed E-state index contributed by atoms with van der Waals surface area (Å²) in [6.45, 7) is 9.44. The van der Waals surface area contributed by atoms with Crippen molar-refractivity contribution < 1.29 is 28.1 Å². The van der Waals surface area contributed by atoms with Crippen LogP contribution in [-0.4, -0.2) is 57.0 Å². The van der Waals surface area contributed by atoms with Crippen molar-refractivity contribution in [2.24, 2.45) is 0 Å². The number of hydrogen-bond donors (Lipinski definition) is 5. The van der Waals surface area contributed by atoms with Crippen LogP contribution >= 0.6 is 0 Å². The lowest BCUT2D eigenvalue weighted by Gasteiger charge is -2.09. The minimum absolute atomic E-state index is 0. The molecule has 5 aromatic heterocycles. The molecule has 0 amide bonds. The standard InChI is InChI=1S/C17H19N3O4.C16H15N5O3.CH4.S6/c1-5-23-17(21)15-10-7-13(22-4)11(6-12(10)19-16(15)18)14-8(2)20-24-9(14)3;1-6-12(7(2)24-21-6)9-4-10-8(5-11(9)23-3)13-14(18-10)19-16(17)20-15(13)22;;1-3-5-6-4-2/h6-7,19H,5,18H2,1-4H3;4-5H,1-3H3,(H4,17,18,19,20,22);1H4;. The lowest BCUT2D eigenvalue weighted by molar-refractivity contribution is 0.0530.